The van der Waals surface area contributed by atoms with E-state index in [2.05, 4.69) is 28.4 Å². The number of aryl methyl sites for hydroxylation is 2. The summed E-state index contributed by atoms with van der Waals surface area (Å²) in [5, 5.41) is 0. The van der Waals surface area contributed by atoms with Crippen LogP contribution in [0.15, 0.2) is 6.33 Å². The molecule has 96 valence electrons. The average Bonchev–Trinajstić information content (AvgIpc) is 2.73. The number of hydrogen-bond acceptors (Lipinski definition) is 3. The molecule has 0 aromatic carbocycles. The molecule has 0 saturated carbocycles. The van der Waals surface area contributed by atoms with Crippen molar-refractivity contribution in [3.63, 3.8) is 0 Å². The van der Waals surface area contributed by atoms with E-state index in [1.807, 2.05) is 6.33 Å². The predicted molar refractivity (Wildman–Crippen MR) is 73.4 cm³/mol. The van der Waals surface area contributed by atoms with E-state index in [9.17, 15) is 0 Å². The van der Waals surface area contributed by atoms with Gasteiger partial charge in [-0.25, -0.2) is 9.97 Å². The fraction of sp³-hybridized carbons (Fsp3) is 0.571. The summed E-state index contributed by atoms with van der Waals surface area (Å²) in [6.45, 7) is 5.44. The molecule has 2 aromatic heterocycles. The van der Waals surface area contributed by atoms with Crippen molar-refractivity contribution >= 4 is 16.9 Å². The third-order valence-electron chi connectivity index (χ3n) is 3.62. The zero-order valence-electron chi connectivity index (χ0n) is 11.1. The van der Waals surface area contributed by atoms with Gasteiger partial charge in [0.15, 0.2) is 5.82 Å². The Labute approximate surface area is 107 Å². The molecule has 0 spiro atoms. The van der Waals surface area contributed by atoms with E-state index in [0.717, 1.165) is 24.9 Å². The van der Waals surface area contributed by atoms with Crippen LogP contribution in [0, 0.1) is 5.92 Å². The number of imidazole rings is 1. The maximum atomic E-state index is 6.04. The van der Waals surface area contributed by atoms with Crippen LogP contribution < -0.4 is 5.73 Å². The highest BCUT2D eigenvalue weighted by Gasteiger charge is 2.19. The molecule has 4 nitrogen and oxygen atoms in total. The summed E-state index contributed by atoms with van der Waals surface area (Å²) in [4.78, 5) is 8.99. The predicted octanol–water partition coefficient (Wildman–Crippen LogP) is 2.55. The van der Waals surface area contributed by atoms with Gasteiger partial charge in [0.2, 0.25) is 0 Å². The van der Waals surface area contributed by atoms with Gasteiger partial charge < -0.3 is 10.3 Å². The summed E-state index contributed by atoms with van der Waals surface area (Å²) in [5.74, 6) is 1.20. The minimum atomic E-state index is 0.591. The summed E-state index contributed by atoms with van der Waals surface area (Å²) in [7, 11) is 0. The summed E-state index contributed by atoms with van der Waals surface area (Å²) in [6, 6.07) is 0. The highest BCUT2D eigenvalue weighted by Crippen LogP contribution is 2.30. The van der Waals surface area contributed by atoms with Crippen LogP contribution in [0.1, 0.15) is 37.9 Å². The minimum absolute atomic E-state index is 0.591. The van der Waals surface area contributed by atoms with Crippen LogP contribution in [-0.2, 0) is 19.4 Å². The van der Waals surface area contributed by atoms with Gasteiger partial charge in [0.25, 0.3) is 0 Å². The molecule has 2 heterocycles. The van der Waals surface area contributed by atoms with Crippen molar-refractivity contribution in [1.29, 1.82) is 0 Å². The second-order valence-corrected chi connectivity index (χ2v) is 5.62. The smallest absolute Gasteiger partial charge is 0.151 e. The third-order valence-corrected chi connectivity index (χ3v) is 3.62. The van der Waals surface area contributed by atoms with Crippen LogP contribution in [0.25, 0.3) is 11.0 Å². The molecule has 3 rings (SSSR count). The summed E-state index contributed by atoms with van der Waals surface area (Å²) in [5.41, 5.74) is 10.7. The Balaban J connectivity index is 2.24. The van der Waals surface area contributed by atoms with Crippen LogP contribution in [-0.4, -0.2) is 14.5 Å². The fourth-order valence-corrected chi connectivity index (χ4v) is 2.88. The molecule has 0 unspecified atom stereocenters. The Hall–Kier alpha value is -1.58. The number of nitrogens with zero attached hydrogens (tertiary/aromatic N) is 3. The van der Waals surface area contributed by atoms with Crippen molar-refractivity contribution in [1.82, 2.24) is 14.5 Å². The van der Waals surface area contributed by atoms with Gasteiger partial charge >= 0.3 is 0 Å². The highest BCUT2D eigenvalue weighted by molar-refractivity contribution is 5.88. The monoisotopic (exact) mass is 244 g/mol. The normalized spacial score (nSPS) is 15.3. The summed E-state index contributed by atoms with van der Waals surface area (Å²) >= 11 is 0. The molecular formula is C14H20N4. The van der Waals surface area contributed by atoms with E-state index >= 15 is 0 Å². The van der Waals surface area contributed by atoms with E-state index in [1.54, 1.807) is 0 Å². The van der Waals surface area contributed by atoms with Crippen molar-refractivity contribution in [2.45, 2.75) is 46.1 Å². The van der Waals surface area contributed by atoms with Gasteiger partial charge in [-0.05, 0) is 37.2 Å². The molecule has 0 aliphatic heterocycles. The minimum Gasteiger partial charge on any atom is -0.382 e. The van der Waals surface area contributed by atoms with Crippen molar-refractivity contribution in [2.24, 2.45) is 5.92 Å². The van der Waals surface area contributed by atoms with Gasteiger partial charge in [-0.1, -0.05) is 13.8 Å². The Morgan fingerprint density at radius 1 is 1.33 bits per heavy atom. The number of nitrogen functional groups attached to an aromatic ring is 1. The number of rotatable bonds is 2. The molecule has 0 amide bonds. The lowest BCUT2D eigenvalue weighted by Gasteiger charge is -2.18. The van der Waals surface area contributed by atoms with Gasteiger partial charge in [-0.2, -0.15) is 0 Å². The molecule has 1 aliphatic rings. The van der Waals surface area contributed by atoms with E-state index in [1.165, 1.54) is 29.6 Å². The van der Waals surface area contributed by atoms with E-state index < -0.39 is 0 Å². The van der Waals surface area contributed by atoms with E-state index in [-0.39, 0.29) is 0 Å². The van der Waals surface area contributed by atoms with E-state index in [0.29, 0.717) is 11.7 Å². The van der Waals surface area contributed by atoms with Gasteiger partial charge in [0, 0.05) is 12.2 Å². The van der Waals surface area contributed by atoms with Crippen LogP contribution in [0.2, 0.25) is 0 Å². The number of anilines is 1. The SMILES string of the molecule is CC(C)Cn1cnc2c(N)nc3c(c21)CCCC3. The van der Waals surface area contributed by atoms with Crippen molar-refractivity contribution in [3.8, 4) is 0 Å². The second kappa shape index (κ2) is 4.26. The van der Waals surface area contributed by atoms with Crippen LogP contribution >= 0.6 is 0 Å². The van der Waals surface area contributed by atoms with Crippen molar-refractivity contribution in [3.05, 3.63) is 17.6 Å². The maximum Gasteiger partial charge on any atom is 0.151 e. The topological polar surface area (TPSA) is 56.7 Å². The zero-order valence-corrected chi connectivity index (χ0v) is 11.1. The number of nitrogens with two attached hydrogens (primary N) is 1. The first kappa shape index (κ1) is 11.5. The third kappa shape index (κ3) is 1.76. The molecule has 0 bridgehead atoms. The molecule has 0 atom stereocenters. The zero-order chi connectivity index (χ0) is 12.7. The van der Waals surface area contributed by atoms with Crippen LogP contribution in [0.3, 0.4) is 0 Å². The van der Waals surface area contributed by atoms with Gasteiger partial charge in [0.1, 0.15) is 5.52 Å². The summed E-state index contributed by atoms with van der Waals surface area (Å²) < 4.78 is 2.25. The quantitative estimate of drug-likeness (QED) is 0.883. The molecule has 4 heteroatoms. The lowest BCUT2D eigenvalue weighted by atomic mass is 9.95. The molecular weight excluding hydrogens is 224 g/mol. The molecule has 2 N–H and O–H groups in total. The second-order valence-electron chi connectivity index (χ2n) is 5.62. The summed E-state index contributed by atoms with van der Waals surface area (Å²) in [6.07, 6.45) is 6.56. The van der Waals surface area contributed by atoms with Crippen molar-refractivity contribution in [2.75, 3.05) is 5.73 Å². The Morgan fingerprint density at radius 3 is 2.89 bits per heavy atom. The number of hydrogen-bond donors (Lipinski definition) is 1. The average molecular weight is 244 g/mol. The lowest BCUT2D eigenvalue weighted by molar-refractivity contribution is 0.530. The van der Waals surface area contributed by atoms with Crippen molar-refractivity contribution < 1.29 is 0 Å². The first-order chi connectivity index (χ1) is 8.66. The molecule has 0 saturated heterocycles. The number of pyridine rings is 1. The van der Waals surface area contributed by atoms with Crippen LogP contribution in [0.4, 0.5) is 5.82 Å². The fourth-order valence-electron chi connectivity index (χ4n) is 2.88. The van der Waals surface area contributed by atoms with Crippen LogP contribution in [0.5, 0.6) is 0 Å². The molecule has 2 aromatic rings. The Bertz CT molecular complexity index is 583. The number of aromatic nitrogens is 3. The largest absolute Gasteiger partial charge is 0.382 e. The standard InChI is InChI=1S/C14H20N4/c1-9(2)7-18-8-16-12-13(18)10-5-3-4-6-11(10)17-14(12)15/h8-9H,3-7H2,1-2H3,(H2,15,17). The van der Waals surface area contributed by atoms with Gasteiger partial charge in [-0.3, -0.25) is 0 Å². The molecule has 0 fully saturated rings. The molecule has 1 aliphatic carbocycles. The lowest BCUT2D eigenvalue weighted by Crippen LogP contribution is -2.11. The van der Waals surface area contributed by atoms with Gasteiger partial charge in [-0.15, -0.1) is 0 Å². The Kier molecular flexibility index (Phi) is 2.73. The van der Waals surface area contributed by atoms with E-state index in [4.69, 9.17) is 5.73 Å². The Morgan fingerprint density at radius 2 is 2.11 bits per heavy atom. The molecule has 18 heavy (non-hydrogen) atoms. The highest BCUT2D eigenvalue weighted by atomic mass is 15.1. The first-order valence-corrected chi connectivity index (χ1v) is 6.79. The number of fused-ring (bicyclic) bond motifs is 3. The first-order valence-electron chi connectivity index (χ1n) is 6.79. The maximum absolute atomic E-state index is 6.04. The molecule has 0 radical (unpaired) electrons. The van der Waals surface area contributed by atoms with Gasteiger partial charge in [0.05, 0.1) is 11.8 Å².